The Hall–Kier alpha value is -0.800. The molecule has 1 fully saturated rings. The fourth-order valence-electron chi connectivity index (χ4n) is 2.37. The lowest BCUT2D eigenvalue weighted by atomic mass is 9.93. The molecular weight excluding hydrogens is 242 g/mol. The van der Waals surface area contributed by atoms with Gasteiger partial charge in [-0.3, -0.25) is 4.79 Å². The maximum absolute atomic E-state index is 11.2. The molecule has 0 atom stereocenters. The Labute approximate surface area is 114 Å². The first-order chi connectivity index (χ1) is 8.75. The van der Waals surface area contributed by atoms with E-state index >= 15 is 0 Å². The van der Waals surface area contributed by atoms with Crippen molar-refractivity contribution in [3.05, 3.63) is 30.3 Å². The van der Waals surface area contributed by atoms with Gasteiger partial charge in [0.2, 0.25) is 0 Å². The van der Waals surface area contributed by atoms with Crippen molar-refractivity contribution >= 4 is 17.5 Å². The highest BCUT2D eigenvalue weighted by atomic mass is 32.2. The molecule has 3 heteroatoms. The van der Waals surface area contributed by atoms with E-state index in [0.29, 0.717) is 11.8 Å². The van der Waals surface area contributed by atoms with E-state index in [2.05, 4.69) is 42.3 Å². The lowest BCUT2D eigenvalue weighted by molar-refractivity contribution is -0.121. The van der Waals surface area contributed by atoms with Crippen LogP contribution < -0.4 is 0 Å². The van der Waals surface area contributed by atoms with Gasteiger partial charge in [0.05, 0.1) is 0 Å². The van der Waals surface area contributed by atoms with E-state index in [1.54, 1.807) is 0 Å². The number of ketones is 1. The molecule has 0 saturated heterocycles. The van der Waals surface area contributed by atoms with Gasteiger partial charge in [-0.15, -0.1) is 11.8 Å². The van der Waals surface area contributed by atoms with Crippen molar-refractivity contribution in [2.24, 2.45) is 0 Å². The van der Waals surface area contributed by atoms with Crippen molar-refractivity contribution < 1.29 is 4.79 Å². The van der Waals surface area contributed by atoms with Crippen molar-refractivity contribution in [3.63, 3.8) is 0 Å². The SMILES string of the molecule is CN(CCSc1ccccc1)C1CCC(=O)CC1. The Morgan fingerprint density at radius 2 is 1.89 bits per heavy atom. The predicted molar refractivity (Wildman–Crippen MR) is 77.1 cm³/mol. The van der Waals surface area contributed by atoms with Crippen LogP contribution in [0.1, 0.15) is 25.7 Å². The molecule has 0 aromatic heterocycles. The van der Waals surface area contributed by atoms with Crippen LogP contribution in [-0.4, -0.2) is 36.1 Å². The van der Waals surface area contributed by atoms with Gasteiger partial charge < -0.3 is 4.90 Å². The van der Waals surface area contributed by atoms with Gasteiger partial charge in [-0.1, -0.05) is 18.2 Å². The van der Waals surface area contributed by atoms with Crippen LogP contribution in [0.15, 0.2) is 35.2 Å². The molecule has 0 spiro atoms. The summed E-state index contributed by atoms with van der Waals surface area (Å²) in [7, 11) is 2.19. The van der Waals surface area contributed by atoms with E-state index in [9.17, 15) is 4.79 Å². The molecule has 0 aliphatic heterocycles. The summed E-state index contributed by atoms with van der Waals surface area (Å²) < 4.78 is 0. The number of hydrogen-bond acceptors (Lipinski definition) is 3. The van der Waals surface area contributed by atoms with Crippen molar-refractivity contribution in [1.82, 2.24) is 4.90 Å². The lowest BCUT2D eigenvalue weighted by Gasteiger charge is -2.30. The van der Waals surface area contributed by atoms with E-state index in [-0.39, 0.29) is 0 Å². The van der Waals surface area contributed by atoms with E-state index in [1.807, 2.05) is 11.8 Å². The number of hydrogen-bond donors (Lipinski definition) is 0. The minimum Gasteiger partial charge on any atom is -0.303 e. The van der Waals surface area contributed by atoms with Crippen molar-refractivity contribution in [2.75, 3.05) is 19.3 Å². The third kappa shape index (κ3) is 4.14. The first-order valence-corrected chi connectivity index (χ1v) is 7.64. The van der Waals surface area contributed by atoms with Gasteiger partial charge >= 0.3 is 0 Å². The first kappa shape index (κ1) is 13.6. The summed E-state index contributed by atoms with van der Waals surface area (Å²) in [6.45, 7) is 1.10. The second-order valence-corrected chi connectivity index (χ2v) is 6.08. The molecule has 98 valence electrons. The third-order valence-electron chi connectivity index (χ3n) is 3.59. The number of thioether (sulfide) groups is 1. The number of carbonyl (C=O) groups excluding carboxylic acids is 1. The summed E-state index contributed by atoms with van der Waals surface area (Å²) in [6.07, 6.45) is 3.65. The van der Waals surface area contributed by atoms with Crippen LogP contribution in [0.3, 0.4) is 0 Å². The van der Waals surface area contributed by atoms with Gasteiger partial charge in [-0.25, -0.2) is 0 Å². The Balaban J connectivity index is 1.68. The van der Waals surface area contributed by atoms with Crippen LogP contribution in [-0.2, 0) is 4.79 Å². The predicted octanol–water partition coefficient (Wildman–Crippen LogP) is 3.22. The molecule has 1 aliphatic carbocycles. The average Bonchev–Trinajstić information content (AvgIpc) is 2.40. The van der Waals surface area contributed by atoms with Crippen LogP contribution in [0.25, 0.3) is 0 Å². The molecule has 0 amide bonds. The summed E-state index contributed by atoms with van der Waals surface area (Å²) in [6, 6.07) is 11.1. The molecule has 2 nitrogen and oxygen atoms in total. The third-order valence-corrected chi connectivity index (χ3v) is 4.58. The van der Waals surface area contributed by atoms with E-state index < -0.39 is 0 Å². The highest BCUT2D eigenvalue weighted by Crippen LogP contribution is 2.21. The number of benzene rings is 1. The molecule has 1 saturated carbocycles. The largest absolute Gasteiger partial charge is 0.303 e. The average molecular weight is 263 g/mol. The van der Waals surface area contributed by atoms with Gasteiger partial charge in [0.25, 0.3) is 0 Å². The molecule has 0 radical (unpaired) electrons. The summed E-state index contributed by atoms with van der Waals surface area (Å²) >= 11 is 1.90. The molecule has 1 aromatic rings. The first-order valence-electron chi connectivity index (χ1n) is 6.65. The molecule has 1 aliphatic rings. The topological polar surface area (TPSA) is 20.3 Å². The van der Waals surface area contributed by atoms with Gasteiger partial charge in [-0.05, 0) is 32.0 Å². The van der Waals surface area contributed by atoms with Gasteiger partial charge in [0.15, 0.2) is 0 Å². The fourth-order valence-corrected chi connectivity index (χ4v) is 3.34. The van der Waals surface area contributed by atoms with Gasteiger partial charge in [0, 0.05) is 36.1 Å². The molecule has 0 unspecified atom stereocenters. The van der Waals surface area contributed by atoms with E-state index in [0.717, 1.165) is 38.0 Å². The fraction of sp³-hybridized carbons (Fsp3) is 0.533. The standard InChI is InChI=1S/C15H21NOS/c1-16(13-7-9-14(17)10-8-13)11-12-18-15-5-3-2-4-6-15/h2-6,13H,7-12H2,1H3. The minimum atomic E-state index is 0.443. The maximum Gasteiger partial charge on any atom is 0.133 e. The quantitative estimate of drug-likeness (QED) is 0.761. The number of carbonyl (C=O) groups is 1. The highest BCUT2D eigenvalue weighted by molar-refractivity contribution is 7.99. The molecule has 18 heavy (non-hydrogen) atoms. The van der Waals surface area contributed by atoms with Crippen molar-refractivity contribution in [1.29, 1.82) is 0 Å². The highest BCUT2D eigenvalue weighted by Gasteiger charge is 2.21. The molecule has 1 aromatic carbocycles. The molecule has 0 heterocycles. The number of rotatable bonds is 5. The molecule has 0 bridgehead atoms. The number of Topliss-reactive ketones (excluding diaryl/α,β-unsaturated/α-hetero) is 1. The van der Waals surface area contributed by atoms with Gasteiger partial charge in [-0.2, -0.15) is 0 Å². The van der Waals surface area contributed by atoms with Crippen LogP contribution >= 0.6 is 11.8 Å². The Bertz CT molecular complexity index is 369. The Morgan fingerprint density at radius 1 is 1.22 bits per heavy atom. The van der Waals surface area contributed by atoms with E-state index in [1.165, 1.54) is 4.90 Å². The van der Waals surface area contributed by atoms with Crippen LogP contribution in [0.2, 0.25) is 0 Å². The van der Waals surface area contributed by atoms with Crippen molar-refractivity contribution in [2.45, 2.75) is 36.6 Å². The van der Waals surface area contributed by atoms with Crippen LogP contribution in [0, 0.1) is 0 Å². The zero-order valence-electron chi connectivity index (χ0n) is 11.0. The molecule has 0 N–H and O–H groups in total. The summed E-state index contributed by atoms with van der Waals surface area (Å²) in [5.74, 6) is 1.56. The maximum atomic E-state index is 11.2. The summed E-state index contributed by atoms with van der Waals surface area (Å²) in [5, 5.41) is 0. The van der Waals surface area contributed by atoms with Gasteiger partial charge in [0.1, 0.15) is 5.78 Å². The normalized spacial score (nSPS) is 17.3. The summed E-state index contributed by atoms with van der Waals surface area (Å²) in [5.41, 5.74) is 0. The smallest absolute Gasteiger partial charge is 0.133 e. The summed E-state index contributed by atoms with van der Waals surface area (Å²) in [4.78, 5) is 15.0. The molecule has 2 rings (SSSR count). The second kappa shape index (κ2) is 6.95. The monoisotopic (exact) mass is 263 g/mol. The Morgan fingerprint density at radius 3 is 2.56 bits per heavy atom. The zero-order chi connectivity index (χ0) is 12.8. The number of nitrogens with zero attached hydrogens (tertiary/aromatic N) is 1. The molecular formula is C15H21NOS. The van der Waals surface area contributed by atoms with E-state index in [4.69, 9.17) is 0 Å². The zero-order valence-corrected chi connectivity index (χ0v) is 11.8. The Kier molecular flexibility index (Phi) is 5.26. The lowest BCUT2D eigenvalue weighted by Crippen LogP contribution is -2.36. The van der Waals surface area contributed by atoms with Crippen molar-refractivity contribution in [3.8, 4) is 0 Å². The second-order valence-electron chi connectivity index (χ2n) is 4.91. The minimum absolute atomic E-state index is 0.443. The van der Waals surface area contributed by atoms with Crippen LogP contribution in [0.4, 0.5) is 0 Å². The van der Waals surface area contributed by atoms with Crippen LogP contribution in [0.5, 0.6) is 0 Å².